The lowest BCUT2D eigenvalue weighted by Crippen LogP contribution is -2.33. The van der Waals surface area contributed by atoms with Gasteiger partial charge < -0.3 is 58.0 Å². The number of ether oxygens (including phenoxy) is 10. The first-order valence-corrected chi connectivity index (χ1v) is 28.4. The van der Waals surface area contributed by atoms with Gasteiger partial charge in [-0.05, 0) is 154 Å². The zero-order valence-electron chi connectivity index (χ0n) is 46.6. The van der Waals surface area contributed by atoms with Crippen LogP contribution < -0.4 is 10.6 Å². The number of alkyl carbamates (subject to hydrolysis) is 2. The highest BCUT2D eigenvalue weighted by molar-refractivity contribution is 5.76. The van der Waals surface area contributed by atoms with Crippen molar-refractivity contribution in [3.8, 4) is 0 Å². The maximum Gasteiger partial charge on any atom is 0.407 e. The third-order valence-electron chi connectivity index (χ3n) is 16.4. The average Bonchev–Trinajstić information content (AvgIpc) is 4.20. The Morgan fingerprint density at radius 2 is 0.743 bits per heavy atom. The molecular weight excluding hydrogens is 957 g/mol. The van der Waals surface area contributed by atoms with Gasteiger partial charge in [0, 0.05) is 0 Å². The number of amides is 2. The van der Waals surface area contributed by atoms with Gasteiger partial charge in [0.2, 0.25) is 0 Å². The standard InChI is InChI=1S/C16H27NO5.C15H25NO5.C13H22O3.C12H20O3/c1-4-16(2,3)14(18)20-8-7-17-15(19)21-10-11-5-6-12-13(9-11)22-12;1-3-10(2)14(17)19-7-6-16-15(18)20-9-11-4-5-12-13(8-11)21-12;1-4-13(2,3)12(14)15-8-9-5-6-10-11(7-9)16-10;1-3-8(2)12(13)14-7-9-4-5-10-11(6-9)15-10/h11-13H,4-10H2,1-3H3,(H,17,19);10-13H,3-9H2,1-2H3,(H,16,18);9-11H,4-8H2,1-3H3;8-11H,3-7H2,1-2H3. The number of carbonyl (C=O) groups is 6. The summed E-state index contributed by atoms with van der Waals surface area (Å²) >= 11 is 0. The number of carbonyl (C=O) groups excluding carboxylic acids is 6. The molecule has 8 rings (SSSR count). The van der Waals surface area contributed by atoms with Crippen LogP contribution >= 0.6 is 0 Å². The van der Waals surface area contributed by atoms with Crippen molar-refractivity contribution in [3.63, 3.8) is 0 Å². The molecule has 4 aliphatic heterocycles. The van der Waals surface area contributed by atoms with E-state index in [4.69, 9.17) is 47.4 Å². The zero-order chi connectivity index (χ0) is 54.0. The van der Waals surface area contributed by atoms with Gasteiger partial charge in [-0.3, -0.25) is 19.2 Å². The summed E-state index contributed by atoms with van der Waals surface area (Å²) in [4.78, 5) is 69.4. The highest BCUT2D eigenvalue weighted by atomic mass is 16.6. The molecular formula is C56H94N2O16. The Hall–Kier alpha value is -3.74. The summed E-state index contributed by atoms with van der Waals surface area (Å²) in [6.07, 6.45) is 19.0. The van der Waals surface area contributed by atoms with Crippen LogP contribution in [0.25, 0.3) is 0 Å². The molecule has 0 aromatic carbocycles. The molecule has 74 heavy (non-hydrogen) atoms. The van der Waals surface area contributed by atoms with Gasteiger partial charge in [0.1, 0.15) is 13.2 Å². The first-order chi connectivity index (χ1) is 35.2. The van der Waals surface area contributed by atoms with Crippen LogP contribution in [0.1, 0.15) is 172 Å². The van der Waals surface area contributed by atoms with Crippen molar-refractivity contribution in [2.45, 2.75) is 221 Å². The Bertz CT molecular complexity index is 1790. The van der Waals surface area contributed by atoms with Gasteiger partial charge >= 0.3 is 36.1 Å². The largest absolute Gasteiger partial charge is 0.465 e. The fraction of sp³-hybridized carbons (Fsp3) is 0.893. The van der Waals surface area contributed by atoms with E-state index >= 15 is 0 Å². The van der Waals surface area contributed by atoms with Gasteiger partial charge in [-0.25, -0.2) is 9.59 Å². The van der Waals surface area contributed by atoms with Gasteiger partial charge in [-0.2, -0.15) is 0 Å². The quantitative estimate of drug-likeness (QED) is 0.0446. The van der Waals surface area contributed by atoms with Gasteiger partial charge in [-0.15, -0.1) is 0 Å². The zero-order valence-corrected chi connectivity index (χ0v) is 46.6. The van der Waals surface area contributed by atoms with E-state index < -0.39 is 17.6 Å². The molecule has 0 spiro atoms. The number of fused-ring (bicyclic) bond motifs is 4. The van der Waals surface area contributed by atoms with E-state index in [1.807, 2.05) is 69.2 Å². The molecule has 0 radical (unpaired) electrons. The van der Waals surface area contributed by atoms with E-state index in [-0.39, 0.29) is 67.4 Å². The van der Waals surface area contributed by atoms with E-state index in [1.54, 1.807) is 0 Å². The Morgan fingerprint density at radius 3 is 1.08 bits per heavy atom. The van der Waals surface area contributed by atoms with Crippen molar-refractivity contribution in [1.82, 2.24) is 10.6 Å². The predicted octanol–water partition coefficient (Wildman–Crippen LogP) is 8.81. The molecule has 0 aromatic rings. The van der Waals surface area contributed by atoms with Crippen LogP contribution in [0.4, 0.5) is 9.59 Å². The van der Waals surface area contributed by atoms with Gasteiger partial charge in [0.05, 0.1) is 111 Å². The number of nitrogens with one attached hydrogen (secondary N) is 2. The molecule has 4 heterocycles. The number of hydrogen-bond acceptors (Lipinski definition) is 16. The lowest BCUT2D eigenvalue weighted by molar-refractivity contribution is -0.156. The molecule has 18 heteroatoms. The molecule has 18 nitrogen and oxygen atoms in total. The van der Waals surface area contributed by atoms with E-state index in [0.29, 0.717) is 105 Å². The van der Waals surface area contributed by atoms with Crippen molar-refractivity contribution in [2.24, 2.45) is 46.3 Å². The van der Waals surface area contributed by atoms with E-state index in [0.717, 1.165) is 96.3 Å². The summed E-state index contributed by atoms with van der Waals surface area (Å²) in [6.45, 7) is 22.1. The maximum atomic E-state index is 11.8. The summed E-state index contributed by atoms with van der Waals surface area (Å²) < 4.78 is 53.1. The van der Waals surface area contributed by atoms with Crippen LogP contribution in [0.5, 0.6) is 0 Å². The minimum absolute atomic E-state index is 0.0403. The number of epoxide rings is 4. The second kappa shape index (κ2) is 29.7. The molecule has 14 unspecified atom stereocenters. The second-order valence-electron chi connectivity index (χ2n) is 23.2. The molecule has 2 N–H and O–H groups in total. The second-order valence-corrected chi connectivity index (χ2v) is 23.2. The van der Waals surface area contributed by atoms with Gasteiger partial charge in [0.25, 0.3) is 0 Å². The molecule has 4 saturated carbocycles. The molecule has 8 fully saturated rings. The normalized spacial score (nSPS) is 30.3. The first kappa shape index (κ1) is 61.1. The molecule has 4 saturated heterocycles. The number of esters is 4. The third kappa shape index (κ3) is 21.4. The Kier molecular flexibility index (Phi) is 24.5. The van der Waals surface area contributed by atoms with Crippen molar-refractivity contribution in [3.05, 3.63) is 0 Å². The van der Waals surface area contributed by atoms with Crippen LogP contribution in [0.2, 0.25) is 0 Å². The topological polar surface area (TPSA) is 232 Å². The van der Waals surface area contributed by atoms with Crippen molar-refractivity contribution in [1.29, 1.82) is 0 Å². The number of hydrogen-bond donors (Lipinski definition) is 2. The van der Waals surface area contributed by atoms with Crippen LogP contribution in [-0.2, 0) is 66.5 Å². The first-order valence-electron chi connectivity index (χ1n) is 28.4. The van der Waals surface area contributed by atoms with E-state index in [2.05, 4.69) is 10.6 Å². The molecule has 4 aliphatic carbocycles. The third-order valence-corrected chi connectivity index (χ3v) is 16.4. The van der Waals surface area contributed by atoms with Gasteiger partial charge in [-0.1, -0.05) is 41.5 Å². The number of rotatable bonds is 22. The summed E-state index contributed by atoms with van der Waals surface area (Å²) in [5.74, 6) is 1.21. The van der Waals surface area contributed by atoms with Crippen LogP contribution in [0.15, 0.2) is 0 Å². The average molecular weight is 1050 g/mol. The highest BCUT2D eigenvalue weighted by Gasteiger charge is 2.47. The molecule has 0 aromatic heterocycles. The maximum absolute atomic E-state index is 11.8. The molecule has 424 valence electrons. The minimum Gasteiger partial charge on any atom is -0.465 e. The highest BCUT2D eigenvalue weighted by Crippen LogP contribution is 2.42. The SMILES string of the molecule is CCC(C)(C)C(=O)OCC1CCC2OC2C1.CCC(C)(C)C(=O)OCCNC(=O)OCC1CCC2OC2C1.CCC(C)C(=O)OCC1CCC2OC2C1.CCC(C)C(=O)OCCNC(=O)OCC1CCC2OC2C1. The van der Waals surface area contributed by atoms with Crippen molar-refractivity contribution in [2.75, 3.05) is 52.7 Å². The Labute approximate surface area is 441 Å². The molecule has 14 atom stereocenters. The summed E-state index contributed by atoms with van der Waals surface area (Å²) in [5, 5.41) is 5.19. The Balaban J connectivity index is 0.000000185. The summed E-state index contributed by atoms with van der Waals surface area (Å²) in [6, 6.07) is 0. The lowest BCUT2D eigenvalue weighted by Gasteiger charge is -2.24. The minimum atomic E-state index is -0.482. The monoisotopic (exact) mass is 1050 g/mol. The molecule has 0 bridgehead atoms. The summed E-state index contributed by atoms with van der Waals surface area (Å²) in [5.41, 5.74) is -0.822. The summed E-state index contributed by atoms with van der Waals surface area (Å²) in [7, 11) is 0. The predicted molar refractivity (Wildman–Crippen MR) is 274 cm³/mol. The van der Waals surface area contributed by atoms with Crippen molar-refractivity contribution >= 4 is 36.1 Å². The lowest BCUT2D eigenvalue weighted by atomic mass is 9.89. The van der Waals surface area contributed by atoms with Gasteiger partial charge in [0.15, 0.2) is 0 Å². The van der Waals surface area contributed by atoms with Crippen molar-refractivity contribution < 1.29 is 76.1 Å². The Morgan fingerprint density at radius 1 is 0.432 bits per heavy atom. The smallest absolute Gasteiger partial charge is 0.407 e. The molecule has 8 aliphatic rings. The van der Waals surface area contributed by atoms with E-state index in [9.17, 15) is 28.8 Å². The van der Waals surface area contributed by atoms with Crippen LogP contribution in [0.3, 0.4) is 0 Å². The van der Waals surface area contributed by atoms with E-state index in [1.165, 1.54) is 0 Å². The molecule has 2 amide bonds. The van der Waals surface area contributed by atoms with Crippen LogP contribution in [-0.4, -0.2) is 138 Å². The fourth-order valence-corrected chi connectivity index (χ4v) is 9.33. The van der Waals surface area contributed by atoms with Crippen LogP contribution in [0, 0.1) is 46.3 Å². The fourth-order valence-electron chi connectivity index (χ4n) is 9.33.